The van der Waals surface area contributed by atoms with Gasteiger partial charge in [-0.1, -0.05) is 32.0 Å². The van der Waals surface area contributed by atoms with Gasteiger partial charge in [0.1, 0.15) is 0 Å². The molecule has 0 atom stereocenters. The van der Waals surface area contributed by atoms with Crippen molar-refractivity contribution in [3.8, 4) is 0 Å². The van der Waals surface area contributed by atoms with Crippen LogP contribution in [0.5, 0.6) is 0 Å². The van der Waals surface area contributed by atoms with Crippen molar-refractivity contribution in [2.75, 3.05) is 4.72 Å². The number of para-hydroxylation sites is 1. The van der Waals surface area contributed by atoms with Crippen molar-refractivity contribution >= 4 is 17.6 Å². The maximum atomic E-state index is 12.0. The maximum Gasteiger partial charge on any atom is 0.461 e. The zero-order valence-electron chi connectivity index (χ0n) is 8.43. The molecule has 0 aromatic heterocycles. The van der Waals surface area contributed by atoms with E-state index in [1.807, 2.05) is 26.0 Å². The number of anilines is 1. The van der Waals surface area contributed by atoms with Gasteiger partial charge >= 0.3 is 5.51 Å². The third kappa shape index (κ3) is 4.03. The Kier molecular flexibility index (Phi) is 3.90. The second-order valence-electron chi connectivity index (χ2n) is 3.39. The lowest BCUT2D eigenvalue weighted by atomic mass is 10.0. The van der Waals surface area contributed by atoms with Crippen molar-refractivity contribution in [3.63, 3.8) is 0 Å². The fourth-order valence-electron chi connectivity index (χ4n) is 1.21. The molecule has 0 aliphatic carbocycles. The van der Waals surface area contributed by atoms with Crippen LogP contribution in [0.1, 0.15) is 25.3 Å². The Bertz CT molecular complexity index is 323. The van der Waals surface area contributed by atoms with Gasteiger partial charge in [0.05, 0.1) is 11.9 Å². The number of hydrogen-bond donors (Lipinski definition) is 1. The number of hydrogen-bond acceptors (Lipinski definition) is 2. The predicted molar refractivity (Wildman–Crippen MR) is 57.8 cm³/mol. The topological polar surface area (TPSA) is 12.0 Å². The van der Waals surface area contributed by atoms with Crippen LogP contribution in [0.15, 0.2) is 24.3 Å². The molecule has 1 rings (SSSR count). The fourth-order valence-corrected chi connectivity index (χ4v) is 1.62. The summed E-state index contributed by atoms with van der Waals surface area (Å²) in [4.78, 5) is 0. The molecule has 0 fully saturated rings. The van der Waals surface area contributed by atoms with E-state index in [2.05, 4.69) is 4.72 Å². The van der Waals surface area contributed by atoms with Crippen molar-refractivity contribution in [2.24, 2.45) is 0 Å². The van der Waals surface area contributed by atoms with Crippen molar-refractivity contribution in [1.82, 2.24) is 0 Å². The summed E-state index contributed by atoms with van der Waals surface area (Å²) in [5.74, 6) is 0.197. The first-order chi connectivity index (χ1) is 6.90. The maximum absolute atomic E-state index is 12.0. The Morgan fingerprint density at radius 3 is 2.33 bits per heavy atom. The lowest BCUT2D eigenvalue weighted by molar-refractivity contribution is -0.0323. The van der Waals surface area contributed by atoms with E-state index >= 15 is 0 Å². The Morgan fingerprint density at radius 1 is 1.20 bits per heavy atom. The first kappa shape index (κ1) is 12.2. The second kappa shape index (κ2) is 4.79. The van der Waals surface area contributed by atoms with Gasteiger partial charge in [-0.05, 0) is 17.5 Å². The molecule has 0 radical (unpaired) electrons. The third-order valence-corrected chi connectivity index (χ3v) is 2.41. The van der Waals surface area contributed by atoms with E-state index in [4.69, 9.17) is 0 Å². The molecule has 1 aromatic carbocycles. The van der Waals surface area contributed by atoms with Crippen LogP contribution in [0.4, 0.5) is 18.9 Å². The Hall–Kier alpha value is -0.840. The molecular formula is C10H12F3NS. The summed E-state index contributed by atoms with van der Waals surface area (Å²) in [6, 6.07) is 7.00. The standard InChI is InChI=1S/C10H12F3NS/c1-7(2)8-5-3-4-6-9(8)14-15-10(11,12)13/h3-7,14H,1-2H3. The highest BCUT2D eigenvalue weighted by molar-refractivity contribution is 8.01. The number of nitrogens with one attached hydrogen (secondary N) is 1. The fraction of sp³-hybridized carbons (Fsp3) is 0.400. The zero-order valence-corrected chi connectivity index (χ0v) is 9.25. The minimum atomic E-state index is -4.26. The number of rotatable bonds is 3. The van der Waals surface area contributed by atoms with Gasteiger partial charge in [0, 0.05) is 5.69 Å². The molecule has 1 nitrogen and oxygen atoms in total. The molecule has 1 N–H and O–H groups in total. The molecule has 5 heteroatoms. The average molecular weight is 235 g/mol. The van der Waals surface area contributed by atoms with Crippen LogP contribution in [0.2, 0.25) is 0 Å². The monoisotopic (exact) mass is 235 g/mol. The highest BCUT2D eigenvalue weighted by Crippen LogP contribution is 2.33. The summed E-state index contributed by atoms with van der Waals surface area (Å²) in [7, 11) is 0. The van der Waals surface area contributed by atoms with Gasteiger partial charge in [-0.3, -0.25) is 0 Å². The van der Waals surface area contributed by atoms with Gasteiger partial charge in [0.15, 0.2) is 0 Å². The molecular weight excluding hydrogens is 223 g/mol. The largest absolute Gasteiger partial charge is 0.461 e. The second-order valence-corrected chi connectivity index (χ2v) is 4.26. The Balaban J connectivity index is 2.76. The number of alkyl halides is 3. The van der Waals surface area contributed by atoms with Crippen molar-refractivity contribution in [1.29, 1.82) is 0 Å². The summed E-state index contributed by atoms with van der Waals surface area (Å²) in [6.07, 6.45) is 0. The molecule has 15 heavy (non-hydrogen) atoms. The first-order valence-electron chi connectivity index (χ1n) is 4.50. The molecule has 84 valence electrons. The third-order valence-electron chi connectivity index (χ3n) is 1.86. The molecule has 0 bridgehead atoms. The molecule has 0 unspecified atom stereocenters. The molecule has 0 saturated heterocycles. The van der Waals surface area contributed by atoms with Crippen LogP contribution < -0.4 is 4.72 Å². The van der Waals surface area contributed by atoms with Gasteiger partial charge < -0.3 is 4.72 Å². The summed E-state index contributed by atoms with van der Waals surface area (Å²) in [5, 5.41) is 0. The normalized spacial score (nSPS) is 11.9. The lowest BCUT2D eigenvalue weighted by Gasteiger charge is -2.14. The molecule has 0 spiro atoms. The molecule has 0 amide bonds. The smallest absolute Gasteiger partial charge is 0.322 e. The summed E-state index contributed by atoms with van der Waals surface area (Å²) >= 11 is -0.232. The van der Waals surface area contributed by atoms with Crippen molar-refractivity contribution in [3.05, 3.63) is 29.8 Å². The van der Waals surface area contributed by atoms with Crippen LogP contribution in [-0.4, -0.2) is 5.51 Å². The quantitative estimate of drug-likeness (QED) is 0.780. The molecule has 1 aromatic rings. The van der Waals surface area contributed by atoms with Crippen LogP contribution in [0.3, 0.4) is 0 Å². The van der Waals surface area contributed by atoms with E-state index in [0.717, 1.165) is 5.56 Å². The molecule has 0 saturated carbocycles. The minimum Gasteiger partial charge on any atom is -0.322 e. The van der Waals surface area contributed by atoms with Crippen LogP contribution in [-0.2, 0) is 0 Å². The van der Waals surface area contributed by atoms with E-state index < -0.39 is 5.51 Å². The summed E-state index contributed by atoms with van der Waals surface area (Å²) < 4.78 is 38.2. The highest BCUT2D eigenvalue weighted by Gasteiger charge is 2.29. The van der Waals surface area contributed by atoms with Crippen molar-refractivity contribution < 1.29 is 13.2 Å². The van der Waals surface area contributed by atoms with E-state index in [1.54, 1.807) is 12.1 Å². The van der Waals surface area contributed by atoms with Gasteiger partial charge in [-0.25, -0.2) is 0 Å². The molecule has 0 heterocycles. The SMILES string of the molecule is CC(C)c1ccccc1NSC(F)(F)F. The zero-order chi connectivity index (χ0) is 11.5. The predicted octanol–water partition coefficient (Wildman–Crippen LogP) is 4.39. The van der Waals surface area contributed by atoms with E-state index in [1.165, 1.54) is 0 Å². The van der Waals surface area contributed by atoms with Gasteiger partial charge in [-0.15, -0.1) is 0 Å². The van der Waals surface area contributed by atoms with Crippen LogP contribution >= 0.6 is 11.9 Å². The van der Waals surface area contributed by atoms with E-state index in [9.17, 15) is 13.2 Å². The number of benzene rings is 1. The van der Waals surface area contributed by atoms with Crippen LogP contribution in [0.25, 0.3) is 0 Å². The van der Waals surface area contributed by atoms with E-state index in [0.29, 0.717) is 5.69 Å². The Morgan fingerprint density at radius 2 is 1.80 bits per heavy atom. The van der Waals surface area contributed by atoms with Gasteiger partial charge in [0.25, 0.3) is 0 Å². The summed E-state index contributed by atoms with van der Waals surface area (Å²) in [5.41, 5.74) is -2.85. The highest BCUT2D eigenvalue weighted by atomic mass is 32.2. The van der Waals surface area contributed by atoms with Crippen LogP contribution in [0, 0.1) is 0 Å². The van der Waals surface area contributed by atoms with Crippen molar-refractivity contribution in [2.45, 2.75) is 25.3 Å². The number of halogens is 3. The van der Waals surface area contributed by atoms with Gasteiger partial charge in [0.2, 0.25) is 0 Å². The van der Waals surface area contributed by atoms with E-state index in [-0.39, 0.29) is 17.9 Å². The van der Waals surface area contributed by atoms with Gasteiger partial charge in [-0.2, -0.15) is 13.2 Å². The minimum absolute atomic E-state index is 0.197. The average Bonchev–Trinajstić information content (AvgIpc) is 2.14. The molecule has 0 aliphatic heterocycles. The summed E-state index contributed by atoms with van der Waals surface area (Å²) in [6.45, 7) is 3.89. The lowest BCUT2D eigenvalue weighted by Crippen LogP contribution is -2.06. The molecule has 0 aliphatic rings. The first-order valence-corrected chi connectivity index (χ1v) is 5.31. The Labute approximate surface area is 91.2 Å².